The van der Waals surface area contributed by atoms with Crippen LogP contribution in [0.5, 0.6) is 0 Å². The van der Waals surface area contributed by atoms with Gasteiger partial charge in [-0.2, -0.15) is 0 Å². The van der Waals surface area contributed by atoms with Crippen LogP contribution in [-0.4, -0.2) is 36.5 Å². The van der Waals surface area contributed by atoms with Gasteiger partial charge in [-0.15, -0.1) is 0 Å². The number of nitrogen functional groups attached to an aromatic ring is 1. The van der Waals surface area contributed by atoms with Crippen molar-refractivity contribution in [2.75, 3.05) is 25.4 Å². The highest BCUT2D eigenvalue weighted by Crippen LogP contribution is 2.16. The minimum absolute atomic E-state index is 0.0151. The number of nitrogens with two attached hydrogens (primary N) is 1. The van der Waals surface area contributed by atoms with Gasteiger partial charge in [0.1, 0.15) is 5.82 Å². The topological polar surface area (TPSA) is 58.4 Å². The number of benzene rings is 1. The summed E-state index contributed by atoms with van der Waals surface area (Å²) in [5.74, 6) is -0.933. The van der Waals surface area contributed by atoms with Gasteiger partial charge in [-0.05, 0) is 50.9 Å². The van der Waals surface area contributed by atoms with Gasteiger partial charge in [0.05, 0.1) is 5.56 Å². The minimum Gasteiger partial charge on any atom is -0.399 e. The Kier molecular flexibility index (Phi) is 5.56. The number of likely N-dealkylation sites (tertiary alicyclic amines) is 1. The van der Waals surface area contributed by atoms with E-state index < -0.39 is 11.7 Å². The Morgan fingerprint density at radius 3 is 3.05 bits per heavy atom. The van der Waals surface area contributed by atoms with Crippen molar-refractivity contribution in [1.29, 1.82) is 0 Å². The first-order valence-corrected chi connectivity index (χ1v) is 7.65. The predicted molar refractivity (Wildman–Crippen MR) is 82.6 cm³/mol. The van der Waals surface area contributed by atoms with Crippen molar-refractivity contribution in [3.05, 3.63) is 29.6 Å². The highest BCUT2D eigenvalue weighted by Gasteiger charge is 2.17. The van der Waals surface area contributed by atoms with Crippen LogP contribution in [0.4, 0.5) is 10.1 Å². The zero-order chi connectivity index (χ0) is 15.2. The van der Waals surface area contributed by atoms with Crippen LogP contribution in [0.3, 0.4) is 0 Å². The van der Waals surface area contributed by atoms with Gasteiger partial charge in [0.2, 0.25) is 0 Å². The molecule has 4 nitrogen and oxygen atoms in total. The van der Waals surface area contributed by atoms with Crippen molar-refractivity contribution in [1.82, 2.24) is 10.2 Å². The maximum absolute atomic E-state index is 13.5. The molecular formula is C16H24FN3O. The molecule has 0 radical (unpaired) electrons. The van der Waals surface area contributed by atoms with E-state index in [0.717, 1.165) is 19.5 Å². The molecule has 1 heterocycles. The Morgan fingerprint density at radius 1 is 1.48 bits per heavy atom. The molecule has 3 N–H and O–H groups in total. The Bertz CT molecular complexity index is 492. The van der Waals surface area contributed by atoms with Gasteiger partial charge in [0.25, 0.3) is 5.91 Å². The standard InChI is InChI=1S/C16H24FN3O/c1-12-5-2-3-9-20(12)10-4-8-19-16(21)14-11-13(18)6-7-15(14)17/h6-7,11-12H,2-5,8-10,18H2,1H3,(H,19,21). The van der Waals surface area contributed by atoms with E-state index in [-0.39, 0.29) is 5.56 Å². The third kappa shape index (κ3) is 4.43. The lowest BCUT2D eigenvalue weighted by Crippen LogP contribution is -2.39. The van der Waals surface area contributed by atoms with E-state index in [9.17, 15) is 9.18 Å². The van der Waals surface area contributed by atoms with Gasteiger partial charge in [-0.1, -0.05) is 6.42 Å². The molecule has 1 saturated heterocycles. The second-order valence-electron chi connectivity index (χ2n) is 5.73. The third-order valence-electron chi connectivity index (χ3n) is 4.08. The molecule has 0 saturated carbocycles. The highest BCUT2D eigenvalue weighted by atomic mass is 19.1. The van der Waals surface area contributed by atoms with Gasteiger partial charge in [0, 0.05) is 24.8 Å². The number of hydrogen-bond donors (Lipinski definition) is 2. The lowest BCUT2D eigenvalue weighted by molar-refractivity contribution is 0.0945. The average molecular weight is 293 g/mol. The molecule has 5 heteroatoms. The van der Waals surface area contributed by atoms with E-state index in [1.807, 2.05) is 0 Å². The Labute approximate surface area is 125 Å². The van der Waals surface area contributed by atoms with Crippen molar-refractivity contribution in [3.8, 4) is 0 Å². The minimum atomic E-state index is -0.536. The quantitative estimate of drug-likeness (QED) is 0.647. The molecule has 116 valence electrons. The van der Waals surface area contributed by atoms with Crippen molar-refractivity contribution < 1.29 is 9.18 Å². The molecule has 1 aliphatic heterocycles. The third-order valence-corrected chi connectivity index (χ3v) is 4.08. The van der Waals surface area contributed by atoms with E-state index in [0.29, 0.717) is 18.3 Å². The number of hydrogen-bond acceptors (Lipinski definition) is 3. The maximum atomic E-state index is 13.5. The van der Waals surface area contributed by atoms with Crippen LogP contribution in [0.1, 0.15) is 43.0 Å². The lowest BCUT2D eigenvalue weighted by Gasteiger charge is -2.33. The fourth-order valence-corrected chi connectivity index (χ4v) is 2.79. The van der Waals surface area contributed by atoms with Crippen molar-refractivity contribution in [2.45, 2.75) is 38.6 Å². The summed E-state index contributed by atoms with van der Waals surface area (Å²) in [5, 5.41) is 2.76. The number of nitrogens with one attached hydrogen (secondary N) is 1. The van der Waals surface area contributed by atoms with Crippen LogP contribution < -0.4 is 11.1 Å². The Morgan fingerprint density at radius 2 is 2.29 bits per heavy atom. The first kappa shape index (κ1) is 15.8. The molecule has 1 unspecified atom stereocenters. The predicted octanol–water partition coefficient (Wildman–Crippen LogP) is 2.40. The SMILES string of the molecule is CC1CCCCN1CCCNC(=O)c1cc(N)ccc1F. The molecule has 0 aromatic heterocycles. The number of carbonyl (C=O) groups excluding carboxylic acids is 1. The summed E-state index contributed by atoms with van der Waals surface area (Å²) >= 11 is 0. The van der Waals surface area contributed by atoms with E-state index in [4.69, 9.17) is 5.73 Å². The van der Waals surface area contributed by atoms with Gasteiger partial charge in [0.15, 0.2) is 0 Å². The van der Waals surface area contributed by atoms with Crippen LogP contribution >= 0.6 is 0 Å². The van der Waals surface area contributed by atoms with Crippen molar-refractivity contribution in [2.24, 2.45) is 0 Å². The molecule has 0 aliphatic carbocycles. The van der Waals surface area contributed by atoms with Gasteiger partial charge in [-0.25, -0.2) is 4.39 Å². The summed E-state index contributed by atoms with van der Waals surface area (Å²) in [7, 11) is 0. The van der Waals surface area contributed by atoms with Crippen molar-refractivity contribution in [3.63, 3.8) is 0 Å². The first-order valence-electron chi connectivity index (χ1n) is 7.65. The van der Waals surface area contributed by atoms with Crippen LogP contribution in [0.25, 0.3) is 0 Å². The molecule has 0 spiro atoms. The van der Waals surface area contributed by atoms with Crippen LogP contribution in [0.2, 0.25) is 0 Å². The fourth-order valence-electron chi connectivity index (χ4n) is 2.79. The molecule has 1 aromatic rings. The zero-order valence-corrected chi connectivity index (χ0v) is 12.6. The Hall–Kier alpha value is -1.62. The van der Waals surface area contributed by atoms with E-state index in [1.165, 1.54) is 37.5 Å². The first-order chi connectivity index (χ1) is 10.1. The largest absolute Gasteiger partial charge is 0.399 e. The highest BCUT2D eigenvalue weighted by molar-refractivity contribution is 5.95. The normalized spacial score (nSPS) is 19.4. The molecule has 21 heavy (non-hydrogen) atoms. The number of halogens is 1. The smallest absolute Gasteiger partial charge is 0.254 e. The summed E-state index contributed by atoms with van der Waals surface area (Å²) in [6.45, 7) is 4.91. The molecule has 1 atom stereocenters. The maximum Gasteiger partial charge on any atom is 0.254 e. The fraction of sp³-hybridized carbons (Fsp3) is 0.562. The molecule has 1 fully saturated rings. The van der Waals surface area contributed by atoms with Gasteiger partial charge < -0.3 is 16.0 Å². The second kappa shape index (κ2) is 7.41. The second-order valence-corrected chi connectivity index (χ2v) is 5.73. The molecule has 0 bridgehead atoms. The lowest BCUT2D eigenvalue weighted by atomic mass is 10.0. The molecule has 1 amide bonds. The van der Waals surface area contributed by atoms with E-state index in [1.54, 1.807) is 0 Å². The number of rotatable bonds is 5. The average Bonchev–Trinajstić information content (AvgIpc) is 2.47. The summed E-state index contributed by atoms with van der Waals surface area (Å²) in [4.78, 5) is 14.4. The Balaban J connectivity index is 1.75. The number of amides is 1. The van der Waals surface area contributed by atoms with Crippen LogP contribution in [0.15, 0.2) is 18.2 Å². The molecule has 1 aromatic carbocycles. The summed E-state index contributed by atoms with van der Waals surface area (Å²) in [6, 6.07) is 4.67. The monoisotopic (exact) mass is 293 g/mol. The summed E-state index contributed by atoms with van der Waals surface area (Å²) in [6.07, 6.45) is 4.69. The van der Waals surface area contributed by atoms with Crippen LogP contribution in [-0.2, 0) is 0 Å². The molecular weight excluding hydrogens is 269 g/mol. The summed E-state index contributed by atoms with van der Waals surface area (Å²) < 4.78 is 13.5. The van der Waals surface area contributed by atoms with E-state index >= 15 is 0 Å². The zero-order valence-electron chi connectivity index (χ0n) is 12.6. The summed E-state index contributed by atoms with van der Waals surface area (Å²) in [5.41, 5.74) is 5.99. The number of piperidine rings is 1. The van der Waals surface area contributed by atoms with Crippen LogP contribution in [0, 0.1) is 5.82 Å². The molecule has 2 rings (SSSR count). The molecule has 1 aliphatic rings. The number of anilines is 1. The number of nitrogens with zero attached hydrogens (tertiary/aromatic N) is 1. The van der Waals surface area contributed by atoms with Crippen molar-refractivity contribution >= 4 is 11.6 Å². The van der Waals surface area contributed by atoms with E-state index in [2.05, 4.69) is 17.1 Å². The van der Waals surface area contributed by atoms with Gasteiger partial charge in [-0.3, -0.25) is 4.79 Å². The van der Waals surface area contributed by atoms with Gasteiger partial charge >= 0.3 is 0 Å². The number of carbonyl (C=O) groups is 1.